The molecule has 0 radical (unpaired) electrons. The molecule has 0 saturated heterocycles. The number of carbonyl (C=O) groups is 3. The monoisotopic (exact) mass is 946 g/mol. The van der Waals surface area contributed by atoms with Crippen molar-refractivity contribution in [2.24, 2.45) is 0 Å². The fourth-order valence-electron chi connectivity index (χ4n) is 7.26. The summed E-state index contributed by atoms with van der Waals surface area (Å²) in [7, 11) is 5.39. The zero-order chi connectivity index (χ0) is 49.9. The number of nitrogens with zero attached hydrogens (tertiary/aromatic N) is 1. The molecule has 0 spiro atoms. The fourth-order valence-corrected chi connectivity index (χ4v) is 7.26. The van der Waals surface area contributed by atoms with Crippen LogP contribution in [0.1, 0.15) is 200 Å². The van der Waals surface area contributed by atoms with E-state index < -0.39 is 18.1 Å². The Hall–Kier alpha value is -4.01. The van der Waals surface area contributed by atoms with Crippen molar-refractivity contribution >= 4 is 17.9 Å². The summed E-state index contributed by atoms with van der Waals surface area (Å²) in [6.07, 6.45) is 68.4. The Kier molecular flexibility index (Phi) is 46.5. The zero-order valence-electron chi connectivity index (χ0n) is 44.0. The number of carboxylic acids is 1. The molecule has 2 unspecified atom stereocenters. The maximum Gasteiger partial charge on any atom is 0.306 e. The Morgan fingerprint density at radius 1 is 0.456 bits per heavy atom. The zero-order valence-corrected chi connectivity index (χ0v) is 44.0. The molecule has 0 aromatic heterocycles. The number of aliphatic carboxylic acids is 1. The van der Waals surface area contributed by atoms with Gasteiger partial charge in [0.15, 0.2) is 6.10 Å². The molecule has 0 aromatic carbocycles. The van der Waals surface area contributed by atoms with Gasteiger partial charge in [-0.05, 0) is 103 Å². The number of ether oxygens (including phenoxy) is 3. The van der Waals surface area contributed by atoms with Crippen LogP contribution >= 0.6 is 0 Å². The van der Waals surface area contributed by atoms with Crippen LogP contribution in [0, 0.1) is 0 Å². The number of carboxylic acid groups (broad SMARTS) is 1. The van der Waals surface area contributed by atoms with E-state index in [1.54, 1.807) is 21.1 Å². The molecule has 2 atom stereocenters. The van der Waals surface area contributed by atoms with Gasteiger partial charge in [0.1, 0.15) is 12.6 Å². The summed E-state index contributed by atoms with van der Waals surface area (Å²) in [5, 5.41) is 11.7. The van der Waals surface area contributed by atoms with Crippen LogP contribution in [0.5, 0.6) is 0 Å². The van der Waals surface area contributed by atoms with Crippen LogP contribution in [0.3, 0.4) is 0 Å². The van der Waals surface area contributed by atoms with E-state index in [1.165, 1.54) is 70.6 Å². The first kappa shape index (κ1) is 64.0. The number of unbranched alkanes of at least 4 members (excludes halogenated alkanes) is 15. The standard InChI is InChI=1S/C60H99NO7/c1-6-8-10-12-14-16-18-20-22-24-26-28-29-31-33-35-37-39-41-43-45-47-49-51-59(63)68-56(54-66-53-52-57(60(64)65)61(3,4)5)55-67-58(62)50-48-46-44-42-40-38-36-34-32-30-27-25-23-21-19-17-15-13-11-9-7-2/h8,10,14-17,20-23,26-28,30,34,36,40,42,56-57H,6-7,9,11-13,18-19,24-25,29,31-33,35,37-39,41,43-55H2,1-5H3/b10-8+,16-14+,17-15+,22-20+,23-21+,28-26+,30-27+,36-34+,42-40+. The Bertz CT molecular complexity index is 1470. The first-order valence-corrected chi connectivity index (χ1v) is 26.9. The van der Waals surface area contributed by atoms with E-state index in [2.05, 4.69) is 123 Å². The van der Waals surface area contributed by atoms with Gasteiger partial charge < -0.3 is 28.6 Å². The molecular formula is C60H99NO7. The first-order valence-electron chi connectivity index (χ1n) is 26.9. The molecule has 0 fully saturated rings. The molecule has 0 rings (SSSR count). The summed E-state index contributed by atoms with van der Waals surface area (Å²) in [6, 6.07) is -0.741. The highest BCUT2D eigenvalue weighted by atomic mass is 16.6. The molecule has 0 aliphatic heterocycles. The second-order valence-corrected chi connectivity index (χ2v) is 18.7. The van der Waals surface area contributed by atoms with Crippen molar-refractivity contribution in [1.29, 1.82) is 0 Å². The van der Waals surface area contributed by atoms with Crippen LogP contribution in [0.4, 0.5) is 0 Å². The highest BCUT2D eigenvalue weighted by Gasteiger charge is 2.25. The normalized spacial score (nSPS) is 13.7. The Balaban J connectivity index is 4.33. The molecule has 8 heteroatoms. The number of allylic oxidation sites excluding steroid dienone is 18. The van der Waals surface area contributed by atoms with Crippen molar-refractivity contribution < 1.29 is 38.2 Å². The maximum absolute atomic E-state index is 12.8. The van der Waals surface area contributed by atoms with E-state index in [9.17, 15) is 19.5 Å². The van der Waals surface area contributed by atoms with Gasteiger partial charge >= 0.3 is 11.9 Å². The van der Waals surface area contributed by atoms with Crippen LogP contribution in [0.15, 0.2) is 109 Å². The van der Waals surface area contributed by atoms with Gasteiger partial charge in [-0.3, -0.25) is 9.59 Å². The minimum Gasteiger partial charge on any atom is -0.544 e. The molecule has 0 aromatic rings. The molecule has 0 aliphatic carbocycles. The first-order chi connectivity index (χ1) is 33.1. The largest absolute Gasteiger partial charge is 0.544 e. The van der Waals surface area contributed by atoms with E-state index in [0.29, 0.717) is 12.8 Å². The molecular weight excluding hydrogens is 847 g/mol. The maximum atomic E-state index is 12.8. The van der Waals surface area contributed by atoms with Crippen molar-refractivity contribution in [1.82, 2.24) is 0 Å². The van der Waals surface area contributed by atoms with E-state index in [4.69, 9.17) is 14.2 Å². The minimum atomic E-state index is -1.14. The van der Waals surface area contributed by atoms with Gasteiger partial charge in [-0.25, -0.2) is 0 Å². The third kappa shape index (κ3) is 47.1. The lowest BCUT2D eigenvalue weighted by Gasteiger charge is -2.34. The van der Waals surface area contributed by atoms with Crippen molar-refractivity contribution in [2.45, 2.75) is 212 Å². The fraction of sp³-hybridized carbons (Fsp3) is 0.650. The smallest absolute Gasteiger partial charge is 0.306 e. The van der Waals surface area contributed by atoms with Gasteiger partial charge in [0.25, 0.3) is 0 Å². The Morgan fingerprint density at radius 2 is 0.824 bits per heavy atom. The lowest BCUT2D eigenvalue weighted by atomic mass is 10.0. The van der Waals surface area contributed by atoms with Crippen LogP contribution < -0.4 is 5.11 Å². The van der Waals surface area contributed by atoms with Crippen molar-refractivity contribution in [3.63, 3.8) is 0 Å². The SMILES string of the molecule is CC/C=C/C/C=C/C/C=C/C/C=C/CCCCCCCCCCCCC(=O)OC(COCCC(C(=O)[O-])[N+](C)(C)C)COC(=O)CCCC/C=C/C/C=C/C/C=C/C/C=C/C/C=C/CCCCC. The molecule has 0 aliphatic rings. The molecule has 0 bridgehead atoms. The summed E-state index contributed by atoms with van der Waals surface area (Å²) in [5.41, 5.74) is 0. The topological polar surface area (TPSA) is 102 Å². The number of hydrogen-bond donors (Lipinski definition) is 0. The molecule has 0 N–H and O–H groups in total. The number of quaternary nitrogens is 1. The van der Waals surface area contributed by atoms with Crippen LogP contribution in [-0.4, -0.2) is 75.5 Å². The number of likely N-dealkylation sites (N-methyl/N-ethyl adjacent to an activating group) is 1. The Labute approximate surface area is 417 Å². The van der Waals surface area contributed by atoms with Gasteiger partial charge in [0.05, 0.1) is 40.3 Å². The average molecular weight is 946 g/mol. The van der Waals surface area contributed by atoms with Crippen LogP contribution in [0.25, 0.3) is 0 Å². The molecule has 0 amide bonds. The van der Waals surface area contributed by atoms with Gasteiger partial charge in [-0.2, -0.15) is 0 Å². The molecule has 0 heterocycles. The predicted molar refractivity (Wildman–Crippen MR) is 286 cm³/mol. The number of esters is 2. The van der Waals surface area contributed by atoms with E-state index in [-0.39, 0.29) is 49.1 Å². The number of carbonyl (C=O) groups excluding carboxylic acids is 3. The lowest BCUT2D eigenvalue weighted by molar-refractivity contribution is -0.889. The van der Waals surface area contributed by atoms with Gasteiger partial charge in [0, 0.05) is 19.3 Å². The summed E-state index contributed by atoms with van der Waals surface area (Å²) in [6.45, 7) is 4.47. The van der Waals surface area contributed by atoms with Crippen molar-refractivity contribution in [3.05, 3.63) is 109 Å². The summed E-state index contributed by atoms with van der Waals surface area (Å²) in [5.74, 6) is -1.80. The minimum absolute atomic E-state index is 0.0185. The van der Waals surface area contributed by atoms with Crippen LogP contribution in [-0.2, 0) is 28.6 Å². The third-order valence-electron chi connectivity index (χ3n) is 11.4. The highest BCUT2D eigenvalue weighted by Crippen LogP contribution is 2.14. The van der Waals surface area contributed by atoms with E-state index >= 15 is 0 Å². The quantitative estimate of drug-likeness (QED) is 0.0259. The Morgan fingerprint density at radius 3 is 1.25 bits per heavy atom. The summed E-state index contributed by atoms with van der Waals surface area (Å²) >= 11 is 0. The lowest BCUT2D eigenvalue weighted by Crippen LogP contribution is -2.55. The van der Waals surface area contributed by atoms with Crippen molar-refractivity contribution in [2.75, 3.05) is 41.0 Å². The average Bonchev–Trinajstić information content (AvgIpc) is 3.30. The second-order valence-electron chi connectivity index (χ2n) is 18.7. The number of hydrogen-bond acceptors (Lipinski definition) is 7. The van der Waals surface area contributed by atoms with Crippen LogP contribution in [0.2, 0.25) is 0 Å². The van der Waals surface area contributed by atoms with E-state index in [1.807, 2.05) is 0 Å². The molecule has 386 valence electrons. The molecule has 68 heavy (non-hydrogen) atoms. The van der Waals surface area contributed by atoms with Gasteiger partial charge in [-0.15, -0.1) is 0 Å². The highest BCUT2D eigenvalue weighted by molar-refractivity contribution is 5.70. The van der Waals surface area contributed by atoms with E-state index in [0.717, 1.165) is 89.9 Å². The summed E-state index contributed by atoms with van der Waals surface area (Å²) < 4.78 is 17.2. The van der Waals surface area contributed by atoms with Gasteiger partial charge in [0.2, 0.25) is 0 Å². The second kappa shape index (κ2) is 49.4. The molecule has 0 saturated carbocycles. The summed E-state index contributed by atoms with van der Waals surface area (Å²) in [4.78, 5) is 37.1. The van der Waals surface area contributed by atoms with Gasteiger partial charge in [-0.1, -0.05) is 187 Å². The van der Waals surface area contributed by atoms with Crippen molar-refractivity contribution in [3.8, 4) is 0 Å². The third-order valence-corrected chi connectivity index (χ3v) is 11.4. The molecule has 8 nitrogen and oxygen atoms in total. The number of rotatable bonds is 47. The predicted octanol–water partition coefficient (Wildman–Crippen LogP) is 14.6.